The van der Waals surface area contributed by atoms with Gasteiger partial charge in [-0.25, -0.2) is 18.7 Å². The van der Waals surface area contributed by atoms with E-state index in [9.17, 15) is 8.78 Å². The van der Waals surface area contributed by atoms with E-state index in [4.69, 9.17) is 14.7 Å². The molecule has 0 spiro atoms. The molecule has 4 heterocycles. The van der Waals surface area contributed by atoms with Gasteiger partial charge in [0.05, 0.1) is 24.0 Å². The molecule has 1 saturated heterocycles. The number of aromatic nitrogens is 5. The molecular formula is C24H24F2N6OS. The minimum Gasteiger partial charge on any atom is -0.373 e. The molecule has 34 heavy (non-hydrogen) atoms. The van der Waals surface area contributed by atoms with E-state index in [-0.39, 0.29) is 17.6 Å². The zero-order valence-corrected chi connectivity index (χ0v) is 19.7. The second kappa shape index (κ2) is 8.35. The Kier molecular flexibility index (Phi) is 5.29. The summed E-state index contributed by atoms with van der Waals surface area (Å²) in [5, 5.41) is 5.25. The number of halogens is 2. The Bertz CT molecular complexity index is 1370. The average Bonchev–Trinajstić information content (AvgIpc) is 3.38. The van der Waals surface area contributed by atoms with Crippen molar-refractivity contribution < 1.29 is 13.5 Å². The van der Waals surface area contributed by atoms with E-state index in [1.165, 1.54) is 36.3 Å². The van der Waals surface area contributed by atoms with Crippen molar-refractivity contribution in [2.24, 2.45) is 0 Å². The zero-order chi connectivity index (χ0) is 23.4. The van der Waals surface area contributed by atoms with Crippen LogP contribution in [0.4, 0.5) is 13.9 Å². The lowest BCUT2D eigenvalue weighted by Gasteiger charge is -2.28. The van der Waals surface area contributed by atoms with Crippen molar-refractivity contribution in [3.63, 3.8) is 0 Å². The van der Waals surface area contributed by atoms with Crippen LogP contribution in [0.1, 0.15) is 55.1 Å². The molecule has 3 aromatic heterocycles. The largest absolute Gasteiger partial charge is 0.373 e. The van der Waals surface area contributed by atoms with E-state index >= 15 is 0 Å². The molecule has 2 aliphatic rings. The summed E-state index contributed by atoms with van der Waals surface area (Å²) in [5.41, 5.74) is 2.29. The quantitative estimate of drug-likeness (QED) is 0.386. The fourth-order valence-electron chi connectivity index (χ4n) is 4.39. The van der Waals surface area contributed by atoms with Crippen LogP contribution in [0.25, 0.3) is 21.6 Å². The van der Waals surface area contributed by atoms with E-state index < -0.39 is 11.6 Å². The summed E-state index contributed by atoms with van der Waals surface area (Å²) in [4.78, 5) is 16.2. The highest BCUT2D eigenvalue weighted by Crippen LogP contribution is 2.41. The second-order valence-electron chi connectivity index (χ2n) is 9.16. The standard InChI is InChI=1S/C24H24F2N6OS/c1-31(2)24-30-23-21(34-24)20(17-6-3-15(25)10-18(17)26)28-22(29-23)13-7-8-33-19(9-13)14-11-27-32(12-14)16-4-5-16/h3,6,10-13,16,19H,4-5,7-9H2,1-2H3/t13-,19+/m0/s1. The van der Waals surface area contributed by atoms with Crippen LogP contribution in [0.3, 0.4) is 0 Å². The Hall–Kier alpha value is -2.98. The lowest BCUT2D eigenvalue weighted by atomic mass is 9.92. The number of anilines is 1. The highest BCUT2D eigenvalue weighted by atomic mass is 32.1. The van der Waals surface area contributed by atoms with Gasteiger partial charge >= 0.3 is 0 Å². The summed E-state index contributed by atoms with van der Waals surface area (Å²) in [6.45, 7) is 0.575. The molecule has 1 saturated carbocycles. The molecular weight excluding hydrogens is 458 g/mol. The Morgan fingerprint density at radius 1 is 1.12 bits per heavy atom. The van der Waals surface area contributed by atoms with Gasteiger partial charge in [-0.2, -0.15) is 10.1 Å². The van der Waals surface area contributed by atoms with Gasteiger partial charge in [-0.3, -0.25) is 4.68 Å². The second-order valence-corrected chi connectivity index (χ2v) is 10.1. The number of nitrogens with zero attached hydrogens (tertiary/aromatic N) is 6. The van der Waals surface area contributed by atoms with Crippen LogP contribution in [0.2, 0.25) is 0 Å². The van der Waals surface area contributed by atoms with Crippen molar-refractivity contribution in [1.29, 1.82) is 0 Å². The Labute approximate surface area is 199 Å². The number of fused-ring (bicyclic) bond motifs is 1. The number of hydrogen-bond donors (Lipinski definition) is 0. The van der Waals surface area contributed by atoms with Gasteiger partial charge < -0.3 is 9.64 Å². The van der Waals surface area contributed by atoms with Crippen LogP contribution in [0.5, 0.6) is 0 Å². The maximum absolute atomic E-state index is 14.8. The fourth-order valence-corrected chi connectivity index (χ4v) is 5.32. The molecule has 0 N–H and O–H groups in total. The minimum atomic E-state index is -0.650. The number of ether oxygens (including phenoxy) is 1. The molecule has 0 bridgehead atoms. The van der Waals surface area contributed by atoms with Gasteiger partial charge in [-0.15, -0.1) is 0 Å². The predicted molar refractivity (Wildman–Crippen MR) is 126 cm³/mol. The summed E-state index contributed by atoms with van der Waals surface area (Å²) in [6.07, 6.45) is 7.69. The van der Waals surface area contributed by atoms with Gasteiger partial charge in [-0.05, 0) is 37.8 Å². The molecule has 0 unspecified atom stereocenters. The van der Waals surface area contributed by atoms with Crippen molar-refractivity contribution in [2.75, 3.05) is 25.6 Å². The molecule has 0 amide bonds. The lowest BCUT2D eigenvalue weighted by molar-refractivity contribution is 0.00396. The molecule has 0 radical (unpaired) electrons. The summed E-state index contributed by atoms with van der Waals surface area (Å²) in [7, 11) is 3.80. The van der Waals surface area contributed by atoms with Crippen molar-refractivity contribution in [2.45, 2.75) is 43.7 Å². The monoisotopic (exact) mass is 482 g/mol. The molecule has 2 fully saturated rings. The lowest BCUT2D eigenvalue weighted by Crippen LogP contribution is -2.20. The first-order valence-electron chi connectivity index (χ1n) is 11.4. The number of hydrogen-bond acceptors (Lipinski definition) is 7. The number of thiazole rings is 1. The zero-order valence-electron chi connectivity index (χ0n) is 18.9. The maximum Gasteiger partial charge on any atom is 0.187 e. The maximum atomic E-state index is 14.8. The third kappa shape index (κ3) is 3.94. The van der Waals surface area contributed by atoms with Crippen LogP contribution >= 0.6 is 11.3 Å². The van der Waals surface area contributed by atoms with Gasteiger partial charge in [0.15, 0.2) is 10.8 Å². The molecule has 2 atom stereocenters. The Morgan fingerprint density at radius 2 is 1.97 bits per heavy atom. The molecule has 176 valence electrons. The van der Waals surface area contributed by atoms with Crippen molar-refractivity contribution in [3.05, 3.63) is 53.6 Å². The van der Waals surface area contributed by atoms with Crippen LogP contribution < -0.4 is 4.90 Å². The fraction of sp³-hybridized carbons (Fsp3) is 0.417. The van der Waals surface area contributed by atoms with Crippen LogP contribution in [0, 0.1) is 11.6 Å². The van der Waals surface area contributed by atoms with E-state index in [2.05, 4.69) is 16.3 Å². The number of benzene rings is 1. The molecule has 10 heteroatoms. The topological polar surface area (TPSA) is 69.0 Å². The van der Waals surface area contributed by atoms with Gasteiger partial charge in [0, 0.05) is 50.0 Å². The Balaban J connectivity index is 1.39. The molecule has 7 nitrogen and oxygen atoms in total. The summed E-state index contributed by atoms with van der Waals surface area (Å²) in [6, 6.07) is 4.09. The SMILES string of the molecule is CN(C)c1nc2nc([C@H]3CCO[C@@H](c4cnn(C5CC5)c4)C3)nc(-c3ccc(F)cc3F)c2s1. The Morgan fingerprint density at radius 3 is 2.74 bits per heavy atom. The first-order valence-corrected chi connectivity index (χ1v) is 12.2. The van der Waals surface area contributed by atoms with Gasteiger partial charge in [0.1, 0.15) is 22.2 Å². The van der Waals surface area contributed by atoms with Crippen molar-refractivity contribution in [1.82, 2.24) is 24.7 Å². The van der Waals surface area contributed by atoms with Crippen LogP contribution in [-0.4, -0.2) is 45.4 Å². The van der Waals surface area contributed by atoms with Gasteiger partial charge in [0.2, 0.25) is 0 Å². The first-order chi connectivity index (χ1) is 16.5. The molecule has 1 aromatic carbocycles. The van der Waals surface area contributed by atoms with E-state index in [0.717, 1.165) is 23.2 Å². The third-order valence-corrected chi connectivity index (χ3v) is 7.61. The minimum absolute atomic E-state index is 0.0270. The first kappa shape index (κ1) is 21.5. The van der Waals surface area contributed by atoms with Gasteiger partial charge in [-0.1, -0.05) is 11.3 Å². The van der Waals surface area contributed by atoms with Crippen molar-refractivity contribution in [3.8, 4) is 11.3 Å². The summed E-state index contributed by atoms with van der Waals surface area (Å²) >= 11 is 1.40. The summed E-state index contributed by atoms with van der Waals surface area (Å²) in [5.74, 6) is -0.629. The van der Waals surface area contributed by atoms with E-state index in [0.29, 0.717) is 40.9 Å². The number of rotatable bonds is 5. The van der Waals surface area contributed by atoms with Crippen molar-refractivity contribution >= 4 is 26.8 Å². The van der Waals surface area contributed by atoms with E-state index in [1.807, 2.05) is 29.9 Å². The average molecular weight is 483 g/mol. The summed E-state index contributed by atoms with van der Waals surface area (Å²) < 4.78 is 37.2. The highest BCUT2D eigenvalue weighted by molar-refractivity contribution is 7.22. The van der Waals surface area contributed by atoms with E-state index in [1.54, 1.807) is 0 Å². The normalized spacial score (nSPS) is 20.7. The highest BCUT2D eigenvalue weighted by Gasteiger charge is 2.31. The molecule has 1 aliphatic carbocycles. The predicted octanol–water partition coefficient (Wildman–Crippen LogP) is 5.26. The third-order valence-electron chi connectivity index (χ3n) is 6.39. The van der Waals surface area contributed by atoms with Gasteiger partial charge in [0.25, 0.3) is 0 Å². The molecule has 6 rings (SSSR count). The van der Waals surface area contributed by atoms with Crippen LogP contribution in [-0.2, 0) is 4.74 Å². The molecule has 4 aromatic rings. The van der Waals surface area contributed by atoms with Crippen LogP contribution in [0.15, 0.2) is 30.6 Å². The smallest absolute Gasteiger partial charge is 0.187 e. The molecule has 1 aliphatic heterocycles.